The highest BCUT2D eigenvalue weighted by Crippen LogP contribution is 2.26. The molecule has 0 spiro atoms. The van der Waals surface area contributed by atoms with Crippen LogP contribution in [-0.2, 0) is 14.4 Å². The van der Waals surface area contributed by atoms with Gasteiger partial charge in [0.25, 0.3) is 0 Å². The first kappa shape index (κ1) is 22.7. The number of thioether (sulfide) groups is 1. The maximum absolute atomic E-state index is 12.5. The maximum Gasteiger partial charge on any atom is 0.234 e. The Balaban J connectivity index is 1.41. The molecule has 0 radical (unpaired) electrons. The number of nitrogens with zero attached hydrogens (tertiary/aromatic N) is 4. The van der Waals surface area contributed by atoms with E-state index in [9.17, 15) is 14.4 Å². The first-order valence-electron chi connectivity index (χ1n) is 10.7. The van der Waals surface area contributed by atoms with Crippen molar-refractivity contribution in [3.63, 3.8) is 0 Å². The summed E-state index contributed by atoms with van der Waals surface area (Å²) in [7, 11) is 0. The van der Waals surface area contributed by atoms with Gasteiger partial charge in [0.2, 0.25) is 17.7 Å². The molecule has 3 amide bonds. The lowest BCUT2D eigenvalue weighted by Crippen LogP contribution is -2.40. The highest BCUT2D eigenvalue weighted by atomic mass is 32.2. The molecule has 1 saturated heterocycles. The number of hydrogen-bond donors (Lipinski definition) is 1. The molecular weight excluding hydrogens is 438 g/mol. The molecule has 33 heavy (non-hydrogen) atoms. The molecule has 1 N–H and O–H groups in total. The van der Waals surface area contributed by atoms with Gasteiger partial charge in [-0.15, -0.1) is 10.2 Å². The third kappa shape index (κ3) is 4.98. The number of carbonyl (C=O) groups excluding carboxylic acids is 3. The van der Waals surface area contributed by atoms with Crippen LogP contribution in [0.5, 0.6) is 0 Å². The van der Waals surface area contributed by atoms with Crippen molar-refractivity contribution in [2.75, 3.05) is 16.0 Å². The number of rotatable bonds is 6. The highest BCUT2D eigenvalue weighted by molar-refractivity contribution is 7.99. The number of amides is 3. The molecule has 1 aromatic heterocycles. The molecule has 0 bridgehead atoms. The second-order valence-corrected chi connectivity index (χ2v) is 8.96. The Hall–Kier alpha value is -3.46. The van der Waals surface area contributed by atoms with Crippen LogP contribution >= 0.6 is 11.8 Å². The summed E-state index contributed by atoms with van der Waals surface area (Å²) in [6.07, 6.45) is 1.33. The maximum atomic E-state index is 12.5. The monoisotopic (exact) mass is 463 g/mol. The van der Waals surface area contributed by atoms with E-state index in [4.69, 9.17) is 0 Å². The number of anilines is 2. The number of carbonyl (C=O) groups is 3. The number of nitrogens with one attached hydrogen (secondary N) is 1. The summed E-state index contributed by atoms with van der Waals surface area (Å²) in [4.78, 5) is 37.9. The average Bonchev–Trinajstić information content (AvgIpc) is 3.15. The lowest BCUT2D eigenvalue weighted by Gasteiger charge is -2.24. The summed E-state index contributed by atoms with van der Waals surface area (Å²) < 4.78 is 1.96. The quantitative estimate of drug-likeness (QED) is 0.439. The Kier molecular flexibility index (Phi) is 6.60. The Morgan fingerprint density at radius 3 is 2.39 bits per heavy atom. The molecule has 4 rings (SSSR count). The number of aryl methyl sites for hydroxylation is 3. The normalized spacial score (nSPS) is 14.0. The van der Waals surface area contributed by atoms with Crippen LogP contribution < -0.4 is 10.2 Å². The fourth-order valence-electron chi connectivity index (χ4n) is 3.74. The van der Waals surface area contributed by atoms with Crippen LogP contribution in [0.3, 0.4) is 0 Å². The van der Waals surface area contributed by atoms with Crippen molar-refractivity contribution < 1.29 is 14.4 Å². The SMILES string of the molecule is Cc1ccc(C)c(-n2c(C)nnc2SCC(=O)Nc2ccc(N3C(=O)CCCC3=O)cc2)c1. The van der Waals surface area contributed by atoms with E-state index in [1.165, 1.54) is 16.7 Å². The third-order valence-electron chi connectivity index (χ3n) is 5.42. The van der Waals surface area contributed by atoms with E-state index >= 15 is 0 Å². The van der Waals surface area contributed by atoms with Gasteiger partial charge in [-0.05, 0) is 68.7 Å². The molecular formula is C24H25N5O3S. The van der Waals surface area contributed by atoms with Crippen LogP contribution in [0.1, 0.15) is 36.2 Å². The number of imide groups is 1. The summed E-state index contributed by atoms with van der Waals surface area (Å²) in [6, 6.07) is 12.9. The second-order valence-electron chi connectivity index (χ2n) is 8.02. The van der Waals surface area contributed by atoms with Gasteiger partial charge in [-0.25, -0.2) is 0 Å². The van der Waals surface area contributed by atoms with Crippen LogP contribution in [0.2, 0.25) is 0 Å². The standard InChI is InChI=1S/C24H25N5O3S/c1-15-7-8-16(2)20(13-15)28-17(3)26-27-24(28)33-14-21(30)25-18-9-11-19(12-10-18)29-22(31)5-4-6-23(29)32/h7-13H,4-6,14H2,1-3H3,(H,25,30). The third-order valence-corrected chi connectivity index (χ3v) is 6.35. The summed E-state index contributed by atoms with van der Waals surface area (Å²) in [5, 5.41) is 11.9. The molecule has 1 aliphatic heterocycles. The average molecular weight is 464 g/mol. The summed E-state index contributed by atoms with van der Waals surface area (Å²) >= 11 is 1.31. The molecule has 1 fully saturated rings. The second kappa shape index (κ2) is 9.58. The number of benzene rings is 2. The number of piperidine rings is 1. The van der Waals surface area contributed by atoms with Gasteiger partial charge < -0.3 is 5.32 Å². The van der Waals surface area contributed by atoms with Gasteiger partial charge in [0.1, 0.15) is 5.82 Å². The van der Waals surface area contributed by atoms with E-state index in [-0.39, 0.29) is 23.5 Å². The Morgan fingerprint density at radius 1 is 1.00 bits per heavy atom. The number of hydrogen-bond acceptors (Lipinski definition) is 6. The van der Waals surface area contributed by atoms with Gasteiger partial charge in [0, 0.05) is 18.5 Å². The largest absolute Gasteiger partial charge is 0.325 e. The summed E-state index contributed by atoms with van der Waals surface area (Å²) in [5.74, 6) is 0.342. The first-order chi connectivity index (χ1) is 15.8. The van der Waals surface area contributed by atoms with Crippen LogP contribution in [0.25, 0.3) is 5.69 Å². The van der Waals surface area contributed by atoms with E-state index in [1.807, 2.05) is 25.3 Å². The molecule has 0 saturated carbocycles. The van der Waals surface area contributed by atoms with Crippen molar-refractivity contribution >= 4 is 40.9 Å². The van der Waals surface area contributed by atoms with Crippen molar-refractivity contribution in [2.24, 2.45) is 0 Å². The molecule has 170 valence electrons. The Morgan fingerprint density at radius 2 is 1.70 bits per heavy atom. The van der Waals surface area contributed by atoms with Gasteiger partial charge in [0.15, 0.2) is 5.16 Å². The van der Waals surface area contributed by atoms with Gasteiger partial charge in [-0.2, -0.15) is 0 Å². The van der Waals surface area contributed by atoms with Crippen molar-refractivity contribution in [1.82, 2.24) is 14.8 Å². The minimum Gasteiger partial charge on any atom is -0.325 e. The van der Waals surface area contributed by atoms with Crippen LogP contribution in [-0.4, -0.2) is 38.2 Å². The van der Waals surface area contributed by atoms with Gasteiger partial charge >= 0.3 is 0 Å². The summed E-state index contributed by atoms with van der Waals surface area (Å²) in [5.41, 5.74) is 4.34. The van der Waals surface area contributed by atoms with Crippen LogP contribution in [0.4, 0.5) is 11.4 Å². The minimum atomic E-state index is -0.192. The molecule has 0 unspecified atom stereocenters. The fourth-order valence-corrected chi connectivity index (χ4v) is 4.53. The Bertz CT molecular complexity index is 1200. The zero-order valence-electron chi connectivity index (χ0n) is 18.8. The topological polar surface area (TPSA) is 97.2 Å². The lowest BCUT2D eigenvalue weighted by atomic mass is 10.1. The lowest BCUT2D eigenvalue weighted by molar-refractivity contribution is -0.129. The van der Waals surface area contributed by atoms with Crippen LogP contribution in [0, 0.1) is 20.8 Å². The minimum absolute atomic E-state index is 0.161. The van der Waals surface area contributed by atoms with Crippen molar-refractivity contribution in [1.29, 1.82) is 0 Å². The highest BCUT2D eigenvalue weighted by Gasteiger charge is 2.27. The predicted molar refractivity (Wildman–Crippen MR) is 128 cm³/mol. The van der Waals surface area contributed by atoms with Crippen molar-refractivity contribution in [3.05, 3.63) is 59.4 Å². The van der Waals surface area contributed by atoms with Gasteiger partial charge in [-0.3, -0.25) is 23.9 Å². The molecule has 1 aliphatic rings. The van der Waals surface area contributed by atoms with E-state index < -0.39 is 0 Å². The zero-order valence-corrected chi connectivity index (χ0v) is 19.6. The van der Waals surface area contributed by atoms with E-state index in [1.54, 1.807) is 24.3 Å². The van der Waals surface area contributed by atoms with E-state index in [0.29, 0.717) is 35.8 Å². The molecule has 0 atom stereocenters. The molecule has 2 aromatic carbocycles. The van der Waals surface area contributed by atoms with Gasteiger partial charge in [-0.1, -0.05) is 23.9 Å². The molecule has 0 aliphatic carbocycles. The molecule has 9 heteroatoms. The zero-order chi connectivity index (χ0) is 23.5. The van der Waals surface area contributed by atoms with Gasteiger partial charge in [0.05, 0.1) is 17.1 Å². The van der Waals surface area contributed by atoms with Crippen molar-refractivity contribution in [2.45, 2.75) is 45.2 Å². The Labute approximate surface area is 196 Å². The first-order valence-corrected chi connectivity index (χ1v) is 11.7. The van der Waals surface area contributed by atoms with E-state index in [2.05, 4.69) is 33.7 Å². The number of aromatic nitrogens is 3. The van der Waals surface area contributed by atoms with Crippen LogP contribution in [0.15, 0.2) is 47.6 Å². The molecule has 2 heterocycles. The summed E-state index contributed by atoms with van der Waals surface area (Å²) in [6.45, 7) is 5.95. The predicted octanol–water partition coefficient (Wildman–Crippen LogP) is 3.97. The molecule has 8 nitrogen and oxygen atoms in total. The smallest absolute Gasteiger partial charge is 0.234 e. The van der Waals surface area contributed by atoms with Crippen molar-refractivity contribution in [3.8, 4) is 5.69 Å². The molecule has 3 aromatic rings. The fraction of sp³-hybridized carbons (Fsp3) is 0.292. The van der Waals surface area contributed by atoms with E-state index in [0.717, 1.165) is 22.6 Å².